The predicted octanol–water partition coefficient (Wildman–Crippen LogP) is 5.83. The number of carbonyl (C=O) groups excluding carboxylic acids is 1. The Labute approximate surface area is 229 Å². The summed E-state index contributed by atoms with van der Waals surface area (Å²) in [5.41, 5.74) is 1.71. The molecule has 40 heavy (non-hydrogen) atoms. The molecule has 5 rings (SSSR count). The number of halogens is 3. The van der Waals surface area contributed by atoms with E-state index in [0.29, 0.717) is 47.9 Å². The largest absolute Gasteiger partial charge is 0.573 e. The number of pyridine rings is 1. The van der Waals surface area contributed by atoms with Crippen molar-refractivity contribution in [2.75, 3.05) is 24.5 Å². The summed E-state index contributed by atoms with van der Waals surface area (Å²) in [6.07, 6.45) is -0.294. The molecule has 1 amide bonds. The monoisotopic (exact) mass is 554 g/mol. The van der Waals surface area contributed by atoms with Gasteiger partial charge < -0.3 is 23.8 Å². The summed E-state index contributed by atoms with van der Waals surface area (Å²) >= 11 is 0. The van der Waals surface area contributed by atoms with E-state index in [9.17, 15) is 18.0 Å². The zero-order valence-electron chi connectivity index (χ0n) is 22.5. The number of alkyl halides is 3. The van der Waals surface area contributed by atoms with Crippen LogP contribution in [0.1, 0.15) is 27.7 Å². The summed E-state index contributed by atoms with van der Waals surface area (Å²) < 4.78 is 50.1. The molecule has 0 unspecified atom stereocenters. The molecule has 3 aromatic heterocycles. The molecule has 0 aliphatic carbocycles. The van der Waals surface area contributed by atoms with E-state index in [2.05, 4.69) is 24.6 Å². The molecular weight excluding hydrogens is 525 g/mol. The number of ether oxygens (including phenoxy) is 2. The molecule has 1 aromatic carbocycles. The van der Waals surface area contributed by atoms with Gasteiger partial charge in [-0.3, -0.25) is 4.98 Å². The quantitative estimate of drug-likeness (QED) is 0.314. The first-order chi connectivity index (χ1) is 18.9. The van der Waals surface area contributed by atoms with Crippen LogP contribution in [-0.4, -0.2) is 68.2 Å². The fourth-order valence-corrected chi connectivity index (χ4v) is 4.77. The third kappa shape index (κ3) is 5.80. The molecule has 4 heterocycles. The Bertz CT molecular complexity index is 1520. The van der Waals surface area contributed by atoms with Gasteiger partial charge in [0.05, 0.1) is 16.8 Å². The van der Waals surface area contributed by atoms with Crippen molar-refractivity contribution in [2.24, 2.45) is 0 Å². The van der Waals surface area contributed by atoms with E-state index in [0.717, 1.165) is 5.56 Å². The Morgan fingerprint density at radius 3 is 2.50 bits per heavy atom. The van der Waals surface area contributed by atoms with Crippen molar-refractivity contribution in [1.29, 1.82) is 0 Å². The van der Waals surface area contributed by atoms with Gasteiger partial charge in [0.2, 0.25) is 0 Å². The van der Waals surface area contributed by atoms with E-state index >= 15 is 0 Å². The lowest BCUT2D eigenvalue weighted by Crippen LogP contribution is -2.54. The van der Waals surface area contributed by atoms with Crippen molar-refractivity contribution in [3.05, 3.63) is 61.2 Å². The van der Waals surface area contributed by atoms with Crippen LogP contribution in [-0.2, 0) is 4.74 Å². The third-order valence-corrected chi connectivity index (χ3v) is 6.38. The van der Waals surface area contributed by atoms with E-state index in [1.165, 1.54) is 24.5 Å². The van der Waals surface area contributed by atoms with Crippen molar-refractivity contribution >= 4 is 22.9 Å². The van der Waals surface area contributed by atoms with Crippen LogP contribution >= 0.6 is 0 Å². The smallest absolute Gasteiger partial charge is 0.444 e. The van der Waals surface area contributed by atoms with Crippen LogP contribution in [0.5, 0.6) is 5.75 Å². The summed E-state index contributed by atoms with van der Waals surface area (Å²) in [7, 11) is 0. The van der Waals surface area contributed by atoms with Crippen molar-refractivity contribution in [2.45, 2.75) is 45.7 Å². The number of fused-ring (bicyclic) bond motifs is 1. The van der Waals surface area contributed by atoms with Gasteiger partial charge in [-0.15, -0.1) is 13.2 Å². The van der Waals surface area contributed by atoms with Gasteiger partial charge in [-0.1, -0.05) is 12.1 Å². The zero-order valence-corrected chi connectivity index (χ0v) is 22.5. The van der Waals surface area contributed by atoms with Gasteiger partial charge in [-0.25, -0.2) is 14.8 Å². The minimum atomic E-state index is -4.82. The van der Waals surface area contributed by atoms with Crippen molar-refractivity contribution in [3.63, 3.8) is 0 Å². The Balaban J connectivity index is 1.57. The number of benzene rings is 1. The fourth-order valence-electron chi connectivity index (χ4n) is 4.77. The van der Waals surface area contributed by atoms with Crippen LogP contribution in [0.4, 0.5) is 23.8 Å². The third-order valence-electron chi connectivity index (χ3n) is 6.38. The minimum absolute atomic E-state index is 0.109. The molecule has 4 aromatic rings. The molecule has 0 bridgehead atoms. The maximum absolute atomic E-state index is 12.9. The topological polar surface area (TPSA) is 85.6 Å². The fraction of sp³-hybridized carbons (Fsp3) is 0.357. The van der Waals surface area contributed by atoms with Gasteiger partial charge in [-0.2, -0.15) is 0 Å². The molecule has 0 spiro atoms. The maximum atomic E-state index is 12.9. The van der Waals surface area contributed by atoms with Gasteiger partial charge in [-0.05, 0) is 52.0 Å². The Morgan fingerprint density at radius 1 is 1.02 bits per heavy atom. The van der Waals surface area contributed by atoms with Crippen molar-refractivity contribution < 1.29 is 27.4 Å². The van der Waals surface area contributed by atoms with Crippen LogP contribution in [0.3, 0.4) is 0 Å². The second-order valence-corrected chi connectivity index (χ2v) is 10.5. The molecular formula is C28H29F3N6O3. The summed E-state index contributed by atoms with van der Waals surface area (Å²) in [6.45, 7) is 8.84. The first-order valence-corrected chi connectivity index (χ1v) is 12.8. The highest BCUT2D eigenvalue weighted by molar-refractivity contribution is 6.01. The van der Waals surface area contributed by atoms with Crippen LogP contribution in [0.2, 0.25) is 0 Å². The highest BCUT2D eigenvalue weighted by Gasteiger charge is 2.33. The standard InChI is InChI=1S/C28H29F3N6O3/c1-18-15-35(26(38)40-27(2,3)4)12-13-36(18)24-23-21(22-10-5-6-11-32-22)16-37(25(23)34-17-33-24)19-8-7-9-20(14-19)39-28(29,30)31/h5-11,14,16-18H,12-13,15H2,1-4H3/t18-/m0/s1. The number of carbonyl (C=O) groups is 1. The predicted molar refractivity (Wildman–Crippen MR) is 143 cm³/mol. The Morgan fingerprint density at radius 2 is 1.82 bits per heavy atom. The molecule has 210 valence electrons. The number of rotatable bonds is 4. The number of nitrogens with zero attached hydrogens (tertiary/aromatic N) is 6. The number of hydrogen-bond donors (Lipinski definition) is 0. The first-order valence-electron chi connectivity index (χ1n) is 12.8. The van der Waals surface area contributed by atoms with Crippen molar-refractivity contribution in [3.8, 4) is 22.7 Å². The highest BCUT2D eigenvalue weighted by atomic mass is 19.4. The average molecular weight is 555 g/mol. The molecule has 1 fully saturated rings. The van der Waals surface area contributed by atoms with E-state index in [-0.39, 0.29) is 17.9 Å². The highest BCUT2D eigenvalue weighted by Crippen LogP contribution is 2.38. The molecule has 1 atom stereocenters. The van der Waals surface area contributed by atoms with Gasteiger partial charge in [0.25, 0.3) is 0 Å². The Kier molecular flexibility index (Phi) is 7.03. The summed E-state index contributed by atoms with van der Waals surface area (Å²) in [5.74, 6) is 0.302. The maximum Gasteiger partial charge on any atom is 0.573 e. The van der Waals surface area contributed by atoms with Crippen LogP contribution in [0.25, 0.3) is 28.0 Å². The van der Waals surface area contributed by atoms with E-state index in [4.69, 9.17) is 4.74 Å². The summed E-state index contributed by atoms with van der Waals surface area (Å²) in [5, 5.41) is 0.695. The average Bonchev–Trinajstić information content (AvgIpc) is 3.27. The van der Waals surface area contributed by atoms with E-state index in [1.807, 2.05) is 39.8 Å². The second-order valence-electron chi connectivity index (χ2n) is 10.5. The lowest BCUT2D eigenvalue weighted by molar-refractivity contribution is -0.274. The molecule has 1 saturated heterocycles. The lowest BCUT2D eigenvalue weighted by Gasteiger charge is -2.41. The van der Waals surface area contributed by atoms with Gasteiger partial charge in [0, 0.05) is 49.7 Å². The number of piperazine rings is 1. The molecule has 0 radical (unpaired) electrons. The molecule has 1 aliphatic rings. The van der Waals surface area contributed by atoms with Crippen LogP contribution in [0.15, 0.2) is 61.2 Å². The normalized spacial score (nSPS) is 16.3. The van der Waals surface area contributed by atoms with E-state index in [1.54, 1.807) is 34.0 Å². The lowest BCUT2D eigenvalue weighted by atomic mass is 10.1. The number of anilines is 1. The number of aromatic nitrogens is 4. The van der Waals surface area contributed by atoms with Crippen LogP contribution in [0, 0.1) is 0 Å². The zero-order chi connectivity index (χ0) is 28.7. The molecule has 0 N–H and O–H groups in total. The minimum Gasteiger partial charge on any atom is -0.444 e. The Hall–Kier alpha value is -4.35. The molecule has 9 nitrogen and oxygen atoms in total. The van der Waals surface area contributed by atoms with Gasteiger partial charge in [0.1, 0.15) is 23.5 Å². The summed E-state index contributed by atoms with van der Waals surface area (Å²) in [6, 6.07) is 11.1. The molecule has 1 aliphatic heterocycles. The molecule has 0 saturated carbocycles. The van der Waals surface area contributed by atoms with Gasteiger partial charge in [0.15, 0.2) is 5.65 Å². The van der Waals surface area contributed by atoms with E-state index < -0.39 is 12.0 Å². The number of hydrogen-bond acceptors (Lipinski definition) is 7. The SMILES string of the molecule is C[C@H]1CN(C(=O)OC(C)(C)C)CCN1c1ncnc2c1c(-c1ccccn1)cn2-c1cccc(OC(F)(F)F)c1. The number of amides is 1. The van der Waals surface area contributed by atoms with Gasteiger partial charge >= 0.3 is 12.5 Å². The first kappa shape index (κ1) is 27.2. The van der Waals surface area contributed by atoms with Crippen LogP contribution < -0.4 is 9.64 Å². The van der Waals surface area contributed by atoms with Crippen molar-refractivity contribution in [1.82, 2.24) is 24.4 Å². The summed E-state index contributed by atoms with van der Waals surface area (Å²) in [4.78, 5) is 30.2. The second kappa shape index (κ2) is 10.3. The molecule has 12 heteroatoms.